The van der Waals surface area contributed by atoms with E-state index < -0.39 is 72.1 Å². The van der Waals surface area contributed by atoms with Gasteiger partial charge in [-0.15, -0.1) is 0 Å². The largest absolute Gasteiger partial charge is 0.417 e. The molecule has 0 aliphatic heterocycles. The minimum Gasteiger partial charge on any atom is -0.386 e. The first-order chi connectivity index (χ1) is 19.5. The normalized spacial score (nSPS) is 14.2. The molecule has 232 valence electrons. The van der Waals surface area contributed by atoms with E-state index in [1.54, 1.807) is 0 Å². The number of rotatable bonds is 13. The number of nitrogens with one attached hydrogen (secondary N) is 1. The lowest BCUT2D eigenvalue weighted by atomic mass is 9.93. The molecule has 2 aromatic rings. The Labute approximate surface area is 245 Å². The summed E-state index contributed by atoms with van der Waals surface area (Å²) in [6, 6.07) is 2.70. The van der Waals surface area contributed by atoms with Crippen LogP contribution in [0.15, 0.2) is 46.9 Å². The highest BCUT2D eigenvalue weighted by molar-refractivity contribution is 9.10. The van der Waals surface area contributed by atoms with Crippen LogP contribution in [0, 0.1) is 0 Å². The zero-order valence-electron chi connectivity index (χ0n) is 22.0. The van der Waals surface area contributed by atoms with Gasteiger partial charge in [0.05, 0.1) is 23.6 Å². The van der Waals surface area contributed by atoms with E-state index in [2.05, 4.69) is 21.2 Å². The molecule has 0 aliphatic carbocycles. The van der Waals surface area contributed by atoms with Crippen LogP contribution < -0.4 is 22.5 Å². The number of aliphatic hydroxyl groups is 1. The SMILES string of the molecule is NCCN(CCN)C(=O)C[C@H](N)C(=O)N[C@H](C(=O)Cc1ccc(Br)c(C(F)(F)F)c1)[C@H](O)c1ccc(C(F)(F)F)cc1. The second-order valence-corrected chi connectivity index (χ2v) is 10.1. The lowest BCUT2D eigenvalue weighted by molar-refractivity contribution is -0.138. The van der Waals surface area contributed by atoms with E-state index in [-0.39, 0.29) is 41.8 Å². The van der Waals surface area contributed by atoms with Crippen LogP contribution in [0.3, 0.4) is 0 Å². The molecule has 2 amide bonds. The Hall–Kier alpha value is -3.05. The Morgan fingerprint density at radius 2 is 1.50 bits per heavy atom. The monoisotopic (exact) mass is 669 g/mol. The van der Waals surface area contributed by atoms with Crippen LogP contribution in [0.5, 0.6) is 0 Å². The first kappa shape index (κ1) is 35.1. The van der Waals surface area contributed by atoms with Gasteiger partial charge in [-0.05, 0) is 35.4 Å². The number of alkyl halides is 6. The molecule has 0 unspecified atom stereocenters. The molecule has 0 saturated heterocycles. The zero-order chi connectivity index (χ0) is 31.8. The van der Waals surface area contributed by atoms with Gasteiger partial charge in [0.15, 0.2) is 5.78 Å². The van der Waals surface area contributed by atoms with Crippen molar-refractivity contribution in [3.05, 3.63) is 69.2 Å². The van der Waals surface area contributed by atoms with Gasteiger partial charge in [-0.2, -0.15) is 26.3 Å². The third-order valence-electron chi connectivity index (χ3n) is 6.14. The smallest absolute Gasteiger partial charge is 0.386 e. The number of aliphatic hydroxyl groups excluding tert-OH is 1. The van der Waals surface area contributed by atoms with Crippen LogP contribution in [0.2, 0.25) is 0 Å². The summed E-state index contributed by atoms with van der Waals surface area (Å²) in [6.07, 6.45) is -12.6. The fraction of sp³-hybridized carbons (Fsp3) is 0.423. The fourth-order valence-electron chi connectivity index (χ4n) is 3.95. The van der Waals surface area contributed by atoms with Crippen LogP contribution in [0.4, 0.5) is 26.3 Å². The van der Waals surface area contributed by atoms with Crippen molar-refractivity contribution in [1.29, 1.82) is 0 Å². The van der Waals surface area contributed by atoms with E-state index in [1.807, 2.05) is 0 Å². The molecule has 0 fully saturated rings. The number of amides is 2. The van der Waals surface area contributed by atoms with E-state index in [1.165, 1.54) is 11.0 Å². The molecular formula is C26H30BrF6N5O4. The van der Waals surface area contributed by atoms with Crippen molar-refractivity contribution in [2.45, 2.75) is 43.4 Å². The molecule has 3 atom stereocenters. The molecule has 0 saturated carbocycles. The van der Waals surface area contributed by atoms with Crippen molar-refractivity contribution in [1.82, 2.24) is 10.2 Å². The molecule has 9 nitrogen and oxygen atoms in total. The predicted octanol–water partition coefficient (Wildman–Crippen LogP) is 2.28. The number of hydrogen-bond donors (Lipinski definition) is 5. The topological polar surface area (TPSA) is 165 Å². The van der Waals surface area contributed by atoms with Crippen LogP contribution >= 0.6 is 15.9 Å². The molecule has 0 heterocycles. The molecule has 0 radical (unpaired) electrons. The number of carbonyl (C=O) groups is 3. The summed E-state index contributed by atoms with van der Waals surface area (Å²) in [7, 11) is 0. The molecule has 8 N–H and O–H groups in total. The highest BCUT2D eigenvalue weighted by atomic mass is 79.9. The van der Waals surface area contributed by atoms with Crippen molar-refractivity contribution < 1.29 is 45.8 Å². The first-order valence-electron chi connectivity index (χ1n) is 12.5. The van der Waals surface area contributed by atoms with Crippen LogP contribution in [-0.2, 0) is 33.2 Å². The molecule has 2 aromatic carbocycles. The van der Waals surface area contributed by atoms with Gasteiger partial charge >= 0.3 is 12.4 Å². The number of benzene rings is 2. The maximum Gasteiger partial charge on any atom is 0.417 e. The second kappa shape index (κ2) is 14.9. The summed E-state index contributed by atoms with van der Waals surface area (Å²) in [6.45, 7) is 0.473. The van der Waals surface area contributed by atoms with Gasteiger partial charge < -0.3 is 32.5 Å². The molecule has 0 aliphatic rings. The number of hydrogen-bond acceptors (Lipinski definition) is 7. The maximum absolute atomic E-state index is 13.4. The Morgan fingerprint density at radius 1 is 0.929 bits per heavy atom. The predicted molar refractivity (Wildman–Crippen MR) is 143 cm³/mol. The third-order valence-corrected chi connectivity index (χ3v) is 6.83. The summed E-state index contributed by atoms with van der Waals surface area (Å²) >= 11 is 2.79. The first-order valence-corrected chi connectivity index (χ1v) is 13.3. The summed E-state index contributed by atoms with van der Waals surface area (Å²) in [5.74, 6) is -2.62. The van der Waals surface area contributed by atoms with Gasteiger partial charge in [-0.3, -0.25) is 14.4 Å². The Kier molecular flexibility index (Phi) is 12.5. The summed E-state index contributed by atoms with van der Waals surface area (Å²) in [5.41, 5.74) is 14.4. The van der Waals surface area contributed by atoms with Crippen molar-refractivity contribution in [3.8, 4) is 0 Å². The van der Waals surface area contributed by atoms with Crippen LogP contribution in [0.25, 0.3) is 0 Å². The van der Waals surface area contributed by atoms with Gasteiger partial charge in [0.25, 0.3) is 0 Å². The van der Waals surface area contributed by atoms with Crippen molar-refractivity contribution >= 4 is 33.5 Å². The molecule has 42 heavy (non-hydrogen) atoms. The highest BCUT2D eigenvalue weighted by Gasteiger charge is 2.36. The van der Waals surface area contributed by atoms with Gasteiger partial charge in [-0.25, -0.2) is 0 Å². The molecule has 2 rings (SSSR count). The minimum absolute atomic E-state index is 0.106. The third kappa shape index (κ3) is 9.76. The molecular weight excluding hydrogens is 640 g/mol. The Balaban J connectivity index is 2.35. The Bertz CT molecular complexity index is 1240. The van der Waals surface area contributed by atoms with E-state index in [4.69, 9.17) is 17.2 Å². The molecule has 16 heteroatoms. The van der Waals surface area contributed by atoms with E-state index in [0.29, 0.717) is 18.2 Å². The lowest BCUT2D eigenvalue weighted by Gasteiger charge is -2.26. The number of nitrogens with zero attached hydrogens (tertiary/aromatic N) is 1. The number of nitrogens with two attached hydrogens (primary N) is 3. The van der Waals surface area contributed by atoms with Crippen molar-refractivity contribution in [2.75, 3.05) is 26.2 Å². The van der Waals surface area contributed by atoms with E-state index >= 15 is 0 Å². The average molecular weight is 670 g/mol. The lowest BCUT2D eigenvalue weighted by Crippen LogP contribution is -2.52. The summed E-state index contributed by atoms with van der Waals surface area (Å²) in [5, 5.41) is 13.2. The summed E-state index contributed by atoms with van der Waals surface area (Å²) < 4.78 is 78.8. The average Bonchev–Trinajstić information content (AvgIpc) is 2.90. The minimum atomic E-state index is -4.76. The number of halogens is 7. The van der Waals surface area contributed by atoms with E-state index in [0.717, 1.165) is 18.2 Å². The molecule has 0 spiro atoms. The van der Waals surface area contributed by atoms with Crippen molar-refractivity contribution in [2.24, 2.45) is 17.2 Å². The maximum atomic E-state index is 13.4. The highest BCUT2D eigenvalue weighted by Crippen LogP contribution is 2.36. The van der Waals surface area contributed by atoms with Crippen LogP contribution in [0.1, 0.15) is 34.8 Å². The zero-order valence-corrected chi connectivity index (χ0v) is 23.6. The standard InChI is InChI=1S/C26H30BrF6N5O4/c27-18-6-1-14(11-17(18)26(31,32)33)12-20(39)22(23(41)15-2-4-16(5-3-15)25(28,29)30)37-24(42)19(36)13-21(40)38(9-7-34)10-8-35/h1-6,11,19,22-23,41H,7-10,12-13,34-36H2,(H,37,42)/t19-,22+,23+/m0/s1. The Morgan fingerprint density at radius 3 is 2.00 bits per heavy atom. The van der Waals surface area contributed by atoms with E-state index in [9.17, 15) is 45.8 Å². The van der Waals surface area contributed by atoms with Crippen molar-refractivity contribution in [3.63, 3.8) is 0 Å². The van der Waals surface area contributed by atoms with Gasteiger partial charge in [0.2, 0.25) is 11.8 Å². The number of Topliss-reactive ketones (excluding diaryl/α,β-unsaturated/α-hetero) is 1. The number of carbonyl (C=O) groups excluding carboxylic acids is 3. The molecule has 0 bridgehead atoms. The van der Waals surface area contributed by atoms with Crippen LogP contribution in [-0.4, -0.2) is 65.9 Å². The molecule has 0 aromatic heterocycles. The summed E-state index contributed by atoms with van der Waals surface area (Å²) in [4.78, 5) is 40.0. The quantitative estimate of drug-likeness (QED) is 0.204. The fourth-order valence-corrected chi connectivity index (χ4v) is 4.42. The van der Waals surface area contributed by atoms with Gasteiger partial charge in [0.1, 0.15) is 12.1 Å². The second-order valence-electron chi connectivity index (χ2n) is 9.27. The van der Waals surface area contributed by atoms with Gasteiger partial charge in [-0.1, -0.05) is 34.1 Å². The number of ketones is 1. The van der Waals surface area contributed by atoms with Gasteiger partial charge in [0, 0.05) is 37.1 Å².